The SMILES string of the molecule is CCOc1ccc(C2C(C(=O)c3ccco3)=C(O)C(=O)N2c2nc3c(C)cc(C)cc3s2)cc1. The summed E-state index contributed by atoms with van der Waals surface area (Å²) in [6, 6.07) is 13.4. The highest BCUT2D eigenvalue weighted by Gasteiger charge is 2.46. The van der Waals surface area contributed by atoms with Crippen molar-refractivity contribution in [1.82, 2.24) is 4.98 Å². The molecular weight excluding hydrogens is 452 g/mol. The molecule has 172 valence electrons. The van der Waals surface area contributed by atoms with E-state index in [0.717, 1.165) is 21.3 Å². The predicted octanol–water partition coefficient (Wildman–Crippen LogP) is 5.69. The molecule has 4 aromatic rings. The number of amides is 1. The molecule has 0 saturated carbocycles. The summed E-state index contributed by atoms with van der Waals surface area (Å²) in [5.41, 5.74) is 3.46. The van der Waals surface area contributed by atoms with Gasteiger partial charge in [-0.1, -0.05) is 29.5 Å². The zero-order valence-electron chi connectivity index (χ0n) is 18.9. The number of thiazole rings is 1. The van der Waals surface area contributed by atoms with Crippen molar-refractivity contribution in [2.75, 3.05) is 11.5 Å². The Kier molecular flexibility index (Phi) is 5.45. The van der Waals surface area contributed by atoms with E-state index in [1.807, 2.05) is 32.9 Å². The number of anilines is 1. The number of Topliss-reactive ketones (excluding diaryl/α,β-unsaturated/α-hetero) is 1. The Bertz CT molecular complexity index is 1430. The van der Waals surface area contributed by atoms with Crippen LogP contribution in [0.3, 0.4) is 0 Å². The van der Waals surface area contributed by atoms with Crippen molar-refractivity contribution < 1.29 is 23.8 Å². The van der Waals surface area contributed by atoms with Crippen LogP contribution in [0.2, 0.25) is 0 Å². The Morgan fingerprint density at radius 1 is 1.21 bits per heavy atom. The average Bonchev–Trinajstić information content (AvgIpc) is 3.54. The van der Waals surface area contributed by atoms with Gasteiger partial charge in [0.15, 0.2) is 16.7 Å². The molecule has 34 heavy (non-hydrogen) atoms. The quantitative estimate of drug-likeness (QED) is 0.361. The molecule has 5 rings (SSSR count). The Labute approximate surface area is 199 Å². The molecular formula is C26H22N2O5S. The van der Waals surface area contributed by atoms with Gasteiger partial charge in [0.1, 0.15) is 5.75 Å². The topological polar surface area (TPSA) is 92.9 Å². The van der Waals surface area contributed by atoms with Crippen LogP contribution in [-0.4, -0.2) is 28.4 Å². The van der Waals surface area contributed by atoms with Crippen LogP contribution in [0, 0.1) is 13.8 Å². The minimum absolute atomic E-state index is 0.0444. The number of carbonyl (C=O) groups is 2. The molecule has 1 aliphatic heterocycles. The van der Waals surface area contributed by atoms with Crippen molar-refractivity contribution in [3.63, 3.8) is 0 Å². The Morgan fingerprint density at radius 2 is 1.97 bits per heavy atom. The van der Waals surface area contributed by atoms with Crippen molar-refractivity contribution in [3.05, 3.63) is 88.6 Å². The first-order valence-corrected chi connectivity index (χ1v) is 11.7. The summed E-state index contributed by atoms with van der Waals surface area (Å²) in [5, 5.41) is 11.3. The van der Waals surface area contributed by atoms with Crippen LogP contribution in [0.5, 0.6) is 5.75 Å². The van der Waals surface area contributed by atoms with Gasteiger partial charge in [-0.25, -0.2) is 4.98 Å². The van der Waals surface area contributed by atoms with E-state index in [4.69, 9.17) is 14.1 Å². The monoisotopic (exact) mass is 474 g/mol. The van der Waals surface area contributed by atoms with Crippen molar-refractivity contribution >= 4 is 38.4 Å². The van der Waals surface area contributed by atoms with Gasteiger partial charge in [0.05, 0.1) is 34.7 Å². The molecule has 7 nitrogen and oxygen atoms in total. The van der Waals surface area contributed by atoms with Gasteiger partial charge in [-0.05, 0) is 67.8 Å². The number of hydrogen-bond acceptors (Lipinski definition) is 7. The van der Waals surface area contributed by atoms with E-state index in [9.17, 15) is 14.7 Å². The Balaban J connectivity index is 1.67. The van der Waals surface area contributed by atoms with Gasteiger partial charge in [0.2, 0.25) is 5.78 Å². The number of aryl methyl sites for hydroxylation is 2. The molecule has 0 aliphatic carbocycles. The first-order valence-electron chi connectivity index (χ1n) is 10.8. The number of ether oxygens (including phenoxy) is 1. The van der Waals surface area contributed by atoms with E-state index in [1.54, 1.807) is 30.3 Å². The fraction of sp³-hybridized carbons (Fsp3) is 0.192. The summed E-state index contributed by atoms with van der Waals surface area (Å²) in [6.07, 6.45) is 1.38. The third-order valence-electron chi connectivity index (χ3n) is 5.73. The van der Waals surface area contributed by atoms with Crippen LogP contribution >= 0.6 is 11.3 Å². The maximum Gasteiger partial charge on any atom is 0.296 e. The molecule has 0 bridgehead atoms. The van der Waals surface area contributed by atoms with Crippen molar-refractivity contribution in [2.45, 2.75) is 26.8 Å². The number of fused-ring (bicyclic) bond motifs is 1. The summed E-state index contributed by atoms with van der Waals surface area (Å²) < 4.78 is 11.8. The maximum absolute atomic E-state index is 13.3. The molecule has 1 N–H and O–H groups in total. The van der Waals surface area contributed by atoms with Crippen LogP contribution in [0.4, 0.5) is 5.13 Å². The normalized spacial score (nSPS) is 16.0. The summed E-state index contributed by atoms with van der Waals surface area (Å²) in [7, 11) is 0. The van der Waals surface area contributed by atoms with E-state index >= 15 is 0 Å². The molecule has 1 amide bonds. The Hall–Kier alpha value is -3.91. The maximum atomic E-state index is 13.3. The molecule has 3 heterocycles. The second-order valence-electron chi connectivity index (χ2n) is 8.07. The molecule has 0 radical (unpaired) electrons. The smallest absolute Gasteiger partial charge is 0.296 e. The number of carbonyl (C=O) groups excluding carboxylic acids is 2. The lowest BCUT2D eigenvalue weighted by atomic mass is 9.95. The number of aliphatic hydroxyl groups excluding tert-OH is 1. The number of furan rings is 1. The van der Waals surface area contributed by atoms with Gasteiger partial charge in [0, 0.05) is 0 Å². The van der Waals surface area contributed by atoms with Crippen molar-refractivity contribution in [2.24, 2.45) is 0 Å². The predicted molar refractivity (Wildman–Crippen MR) is 130 cm³/mol. The number of aliphatic hydroxyl groups is 1. The van der Waals surface area contributed by atoms with Gasteiger partial charge in [0.25, 0.3) is 5.91 Å². The zero-order valence-corrected chi connectivity index (χ0v) is 19.7. The van der Waals surface area contributed by atoms with Gasteiger partial charge >= 0.3 is 0 Å². The summed E-state index contributed by atoms with van der Waals surface area (Å²) in [5.74, 6) is -1.12. The van der Waals surface area contributed by atoms with Gasteiger partial charge in [-0.15, -0.1) is 0 Å². The standard InChI is InChI=1S/C26H22N2O5S/c1-4-32-17-9-7-16(8-10-17)22-20(23(29)18-6-5-11-33-18)24(30)25(31)28(22)26-27-21-15(3)12-14(2)13-19(21)34-26/h5-13,22,30H,4H2,1-3H3. The number of ketones is 1. The van der Waals surface area contributed by atoms with Gasteiger partial charge in [-0.2, -0.15) is 0 Å². The highest BCUT2D eigenvalue weighted by atomic mass is 32.1. The highest BCUT2D eigenvalue weighted by molar-refractivity contribution is 7.22. The molecule has 0 saturated heterocycles. The molecule has 1 aliphatic rings. The Morgan fingerprint density at radius 3 is 2.65 bits per heavy atom. The number of benzene rings is 2. The molecule has 0 spiro atoms. The highest BCUT2D eigenvalue weighted by Crippen LogP contribution is 2.44. The number of nitrogens with zero attached hydrogens (tertiary/aromatic N) is 2. The first kappa shape index (κ1) is 21.9. The molecule has 2 aromatic carbocycles. The van der Waals surface area contributed by atoms with Crippen molar-refractivity contribution in [1.29, 1.82) is 0 Å². The van der Waals surface area contributed by atoms with E-state index in [-0.39, 0.29) is 11.3 Å². The number of rotatable bonds is 6. The van der Waals surface area contributed by atoms with E-state index in [1.165, 1.54) is 28.6 Å². The fourth-order valence-corrected chi connectivity index (χ4v) is 5.43. The number of hydrogen-bond donors (Lipinski definition) is 1. The zero-order chi connectivity index (χ0) is 24.0. The summed E-state index contributed by atoms with van der Waals surface area (Å²) in [4.78, 5) is 32.8. The minimum Gasteiger partial charge on any atom is -0.503 e. The van der Waals surface area contributed by atoms with Gasteiger partial charge < -0.3 is 14.3 Å². The van der Waals surface area contributed by atoms with Crippen LogP contribution in [-0.2, 0) is 4.79 Å². The third kappa shape index (κ3) is 3.56. The lowest BCUT2D eigenvalue weighted by Gasteiger charge is -2.24. The lowest BCUT2D eigenvalue weighted by molar-refractivity contribution is -0.117. The van der Waals surface area contributed by atoms with Crippen LogP contribution in [0.25, 0.3) is 10.2 Å². The largest absolute Gasteiger partial charge is 0.503 e. The average molecular weight is 475 g/mol. The molecule has 0 fully saturated rings. The second-order valence-corrected chi connectivity index (χ2v) is 9.08. The van der Waals surface area contributed by atoms with Crippen LogP contribution in [0.15, 0.2) is 70.5 Å². The molecule has 8 heteroatoms. The van der Waals surface area contributed by atoms with Gasteiger partial charge in [-0.3, -0.25) is 14.5 Å². The fourth-order valence-electron chi connectivity index (χ4n) is 4.27. The number of aromatic nitrogens is 1. The van der Waals surface area contributed by atoms with E-state index in [2.05, 4.69) is 0 Å². The van der Waals surface area contributed by atoms with Crippen molar-refractivity contribution in [3.8, 4) is 5.75 Å². The minimum atomic E-state index is -0.872. The van der Waals surface area contributed by atoms with Crippen LogP contribution < -0.4 is 9.64 Å². The van der Waals surface area contributed by atoms with E-state index < -0.39 is 23.5 Å². The van der Waals surface area contributed by atoms with E-state index in [0.29, 0.717) is 23.1 Å². The molecule has 1 atom stereocenters. The second kappa shape index (κ2) is 8.46. The first-order chi connectivity index (χ1) is 16.4. The molecule has 2 aromatic heterocycles. The summed E-state index contributed by atoms with van der Waals surface area (Å²) in [6.45, 7) is 6.38. The molecule has 1 unspecified atom stereocenters. The van der Waals surface area contributed by atoms with Crippen LogP contribution in [0.1, 0.15) is 40.2 Å². The summed E-state index contributed by atoms with van der Waals surface area (Å²) >= 11 is 1.35. The lowest BCUT2D eigenvalue weighted by Crippen LogP contribution is -2.30. The third-order valence-corrected chi connectivity index (χ3v) is 6.73.